The molecule has 1 nitrogen and oxygen atoms in total. The van der Waals surface area contributed by atoms with Gasteiger partial charge in [-0.15, -0.1) is 0 Å². The first-order valence-corrected chi connectivity index (χ1v) is 6.79. The average molecular weight is 232 g/mol. The summed E-state index contributed by atoms with van der Waals surface area (Å²) in [6.07, 6.45) is 6.18. The molecule has 1 aromatic carbocycles. The maximum atomic E-state index is 10.7. The fraction of sp³-hybridized carbons (Fsp3) is 0.625. The SMILES string of the molecule is Cc1ccc(C(C)(O)CC2CCCC2)cc1C. The summed E-state index contributed by atoms with van der Waals surface area (Å²) < 4.78 is 0. The molecule has 1 heteroatoms. The van der Waals surface area contributed by atoms with Crippen molar-refractivity contribution in [3.8, 4) is 0 Å². The van der Waals surface area contributed by atoms with Gasteiger partial charge >= 0.3 is 0 Å². The molecule has 1 atom stereocenters. The van der Waals surface area contributed by atoms with Crippen LogP contribution in [-0.2, 0) is 5.60 Å². The van der Waals surface area contributed by atoms with Gasteiger partial charge < -0.3 is 5.11 Å². The molecular formula is C16H24O. The standard InChI is InChI=1S/C16H24O/c1-12-8-9-15(10-13(12)2)16(3,17)11-14-6-4-5-7-14/h8-10,14,17H,4-7,11H2,1-3H3. The van der Waals surface area contributed by atoms with Crippen molar-refractivity contribution in [1.82, 2.24) is 0 Å². The topological polar surface area (TPSA) is 20.2 Å². The Hall–Kier alpha value is -0.820. The second-order valence-electron chi connectivity index (χ2n) is 5.93. The van der Waals surface area contributed by atoms with E-state index >= 15 is 0 Å². The molecule has 1 saturated carbocycles. The van der Waals surface area contributed by atoms with Crippen molar-refractivity contribution in [3.05, 3.63) is 34.9 Å². The van der Waals surface area contributed by atoms with E-state index in [-0.39, 0.29) is 0 Å². The Bertz CT molecular complexity index is 387. The molecule has 1 fully saturated rings. The van der Waals surface area contributed by atoms with Crippen LogP contribution in [0.2, 0.25) is 0 Å². The second-order valence-corrected chi connectivity index (χ2v) is 5.93. The van der Waals surface area contributed by atoms with Crippen LogP contribution in [0.15, 0.2) is 18.2 Å². The lowest BCUT2D eigenvalue weighted by atomic mass is 9.84. The van der Waals surface area contributed by atoms with Gasteiger partial charge in [-0.3, -0.25) is 0 Å². The summed E-state index contributed by atoms with van der Waals surface area (Å²) in [5.41, 5.74) is 2.99. The van der Waals surface area contributed by atoms with Crippen LogP contribution in [-0.4, -0.2) is 5.11 Å². The van der Waals surface area contributed by atoms with Gasteiger partial charge in [0.2, 0.25) is 0 Å². The van der Waals surface area contributed by atoms with E-state index in [1.165, 1.54) is 36.8 Å². The van der Waals surface area contributed by atoms with Gasteiger partial charge in [-0.2, -0.15) is 0 Å². The molecule has 0 aromatic heterocycles. The summed E-state index contributed by atoms with van der Waals surface area (Å²) in [7, 11) is 0. The third-order valence-electron chi connectivity index (χ3n) is 4.29. The van der Waals surface area contributed by atoms with E-state index in [0.717, 1.165) is 12.0 Å². The molecular weight excluding hydrogens is 208 g/mol. The summed E-state index contributed by atoms with van der Waals surface area (Å²) in [6.45, 7) is 6.20. The van der Waals surface area contributed by atoms with E-state index in [2.05, 4.69) is 32.0 Å². The van der Waals surface area contributed by atoms with E-state index < -0.39 is 5.60 Å². The molecule has 1 aliphatic rings. The maximum absolute atomic E-state index is 10.7. The van der Waals surface area contributed by atoms with Crippen LogP contribution in [0.25, 0.3) is 0 Å². The van der Waals surface area contributed by atoms with E-state index in [4.69, 9.17) is 0 Å². The zero-order valence-electron chi connectivity index (χ0n) is 11.3. The molecule has 0 radical (unpaired) electrons. The summed E-state index contributed by atoms with van der Waals surface area (Å²) in [4.78, 5) is 0. The second kappa shape index (κ2) is 4.81. The number of hydrogen-bond acceptors (Lipinski definition) is 1. The Balaban J connectivity index is 2.14. The summed E-state index contributed by atoms with van der Waals surface area (Å²) in [5.74, 6) is 0.714. The monoisotopic (exact) mass is 232 g/mol. The van der Waals surface area contributed by atoms with Gasteiger partial charge in [-0.1, -0.05) is 43.9 Å². The van der Waals surface area contributed by atoms with Crippen molar-refractivity contribution < 1.29 is 5.11 Å². The normalized spacial score (nSPS) is 20.5. The molecule has 94 valence electrons. The first kappa shape index (κ1) is 12.6. The molecule has 1 N–H and O–H groups in total. The van der Waals surface area contributed by atoms with Crippen molar-refractivity contribution in [1.29, 1.82) is 0 Å². The van der Waals surface area contributed by atoms with E-state index in [1.807, 2.05) is 6.92 Å². The quantitative estimate of drug-likeness (QED) is 0.832. The fourth-order valence-electron chi connectivity index (χ4n) is 2.97. The van der Waals surface area contributed by atoms with Gasteiger partial charge in [0.15, 0.2) is 0 Å². The largest absolute Gasteiger partial charge is 0.385 e. The van der Waals surface area contributed by atoms with Crippen LogP contribution in [0.3, 0.4) is 0 Å². The number of aliphatic hydroxyl groups is 1. The van der Waals surface area contributed by atoms with Crippen LogP contribution in [0.4, 0.5) is 0 Å². The lowest BCUT2D eigenvalue weighted by Crippen LogP contribution is -2.24. The zero-order chi connectivity index (χ0) is 12.5. The number of aryl methyl sites for hydroxylation is 2. The number of benzene rings is 1. The van der Waals surface area contributed by atoms with Gasteiger partial charge in [-0.05, 0) is 49.8 Å². The van der Waals surface area contributed by atoms with Crippen molar-refractivity contribution in [2.45, 2.75) is 58.5 Å². The lowest BCUT2D eigenvalue weighted by Gasteiger charge is -2.27. The van der Waals surface area contributed by atoms with Gasteiger partial charge in [0.1, 0.15) is 0 Å². The van der Waals surface area contributed by atoms with E-state index in [9.17, 15) is 5.11 Å². The third-order valence-corrected chi connectivity index (χ3v) is 4.29. The highest BCUT2D eigenvalue weighted by Crippen LogP contribution is 2.36. The minimum atomic E-state index is -0.659. The fourth-order valence-corrected chi connectivity index (χ4v) is 2.97. The molecule has 1 unspecified atom stereocenters. The summed E-state index contributed by atoms with van der Waals surface area (Å²) >= 11 is 0. The minimum Gasteiger partial charge on any atom is -0.385 e. The molecule has 0 saturated heterocycles. The Labute approximate surface area is 105 Å². The van der Waals surface area contributed by atoms with Crippen molar-refractivity contribution in [2.24, 2.45) is 5.92 Å². The van der Waals surface area contributed by atoms with Gasteiger partial charge in [-0.25, -0.2) is 0 Å². The lowest BCUT2D eigenvalue weighted by molar-refractivity contribution is 0.0307. The van der Waals surface area contributed by atoms with E-state index in [1.54, 1.807) is 0 Å². The van der Waals surface area contributed by atoms with Gasteiger partial charge in [0.05, 0.1) is 5.60 Å². The Morgan fingerprint density at radius 1 is 1.18 bits per heavy atom. The first-order valence-electron chi connectivity index (χ1n) is 6.79. The van der Waals surface area contributed by atoms with Crippen molar-refractivity contribution in [3.63, 3.8) is 0 Å². The van der Waals surface area contributed by atoms with Crippen LogP contribution in [0.5, 0.6) is 0 Å². The van der Waals surface area contributed by atoms with Crippen molar-refractivity contribution in [2.75, 3.05) is 0 Å². The molecule has 1 aromatic rings. The molecule has 0 spiro atoms. The van der Waals surface area contributed by atoms with Crippen LogP contribution in [0, 0.1) is 19.8 Å². The first-order chi connectivity index (χ1) is 7.99. The molecule has 2 rings (SSSR count). The van der Waals surface area contributed by atoms with Crippen LogP contribution in [0.1, 0.15) is 55.7 Å². The molecule has 1 aliphatic carbocycles. The summed E-state index contributed by atoms with van der Waals surface area (Å²) in [5, 5.41) is 10.7. The number of rotatable bonds is 3. The Morgan fingerprint density at radius 3 is 2.41 bits per heavy atom. The average Bonchev–Trinajstić information content (AvgIpc) is 2.73. The maximum Gasteiger partial charge on any atom is 0.0871 e. The Morgan fingerprint density at radius 2 is 1.82 bits per heavy atom. The minimum absolute atomic E-state index is 0.659. The molecule has 0 bridgehead atoms. The van der Waals surface area contributed by atoms with Crippen molar-refractivity contribution >= 4 is 0 Å². The zero-order valence-corrected chi connectivity index (χ0v) is 11.3. The molecule has 0 amide bonds. The number of hydrogen-bond donors (Lipinski definition) is 1. The van der Waals surface area contributed by atoms with Gasteiger partial charge in [0, 0.05) is 0 Å². The summed E-state index contributed by atoms with van der Waals surface area (Å²) in [6, 6.07) is 6.34. The predicted octanol–water partition coefficient (Wildman–Crippen LogP) is 4.09. The third kappa shape index (κ3) is 2.90. The highest BCUT2D eigenvalue weighted by molar-refractivity contribution is 5.33. The van der Waals surface area contributed by atoms with Gasteiger partial charge in [0.25, 0.3) is 0 Å². The van der Waals surface area contributed by atoms with Crippen LogP contribution >= 0.6 is 0 Å². The Kier molecular flexibility index (Phi) is 3.58. The molecule has 0 heterocycles. The predicted molar refractivity (Wildman–Crippen MR) is 72.1 cm³/mol. The highest BCUT2D eigenvalue weighted by atomic mass is 16.3. The molecule has 17 heavy (non-hydrogen) atoms. The molecule has 0 aliphatic heterocycles. The van der Waals surface area contributed by atoms with E-state index in [0.29, 0.717) is 5.92 Å². The van der Waals surface area contributed by atoms with Crippen LogP contribution < -0.4 is 0 Å². The smallest absolute Gasteiger partial charge is 0.0871 e. The highest BCUT2D eigenvalue weighted by Gasteiger charge is 2.29.